The van der Waals surface area contributed by atoms with Crippen molar-refractivity contribution in [1.29, 1.82) is 0 Å². The fourth-order valence-electron chi connectivity index (χ4n) is 4.19. The first kappa shape index (κ1) is 20.5. The minimum absolute atomic E-state index is 0.0173. The average Bonchev–Trinajstić information content (AvgIpc) is 2.79. The van der Waals surface area contributed by atoms with Crippen LogP contribution < -0.4 is 15.0 Å². The lowest BCUT2D eigenvalue weighted by molar-refractivity contribution is -0.117. The van der Waals surface area contributed by atoms with Gasteiger partial charge in [0, 0.05) is 44.8 Å². The highest BCUT2D eigenvalue weighted by Gasteiger charge is 2.19. The molecule has 0 radical (unpaired) electrons. The number of ether oxygens (including phenoxy) is 1. The van der Waals surface area contributed by atoms with Crippen LogP contribution in [-0.4, -0.2) is 50.1 Å². The van der Waals surface area contributed by atoms with Gasteiger partial charge in [0.2, 0.25) is 0 Å². The van der Waals surface area contributed by atoms with Crippen molar-refractivity contribution in [2.24, 2.45) is 0 Å². The second-order valence-corrected chi connectivity index (χ2v) is 8.12. The largest absolute Gasteiger partial charge is 0.464 e. The van der Waals surface area contributed by atoms with Crippen LogP contribution in [0, 0.1) is 6.92 Å². The Hall–Kier alpha value is -2.79. The number of carbonyl (C=O) groups is 1. The molecule has 2 heterocycles. The molecule has 0 unspecified atom stereocenters. The van der Waals surface area contributed by atoms with E-state index >= 15 is 0 Å². The molecule has 0 saturated carbocycles. The molecular weight excluding hydrogens is 374 g/mol. The summed E-state index contributed by atoms with van der Waals surface area (Å²) >= 11 is 0. The molecule has 1 N–H and O–H groups in total. The first-order chi connectivity index (χ1) is 14.7. The van der Waals surface area contributed by atoms with Crippen molar-refractivity contribution in [3.8, 4) is 5.75 Å². The van der Waals surface area contributed by atoms with Gasteiger partial charge in [0.25, 0.3) is 5.91 Å². The van der Waals surface area contributed by atoms with Gasteiger partial charge in [-0.05, 0) is 49.6 Å². The molecule has 30 heavy (non-hydrogen) atoms. The summed E-state index contributed by atoms with van der Waals surface area (Å²) in [7, 11) is 0. The van der Waals surface area contributed by atoms with E-state index in [1.54, 1.807) is 6.26 Å². The third-order valence-electron chi connectivity index (χ3n) is 5.99. The topological polar surface area (TPSA) is 44.8 Å². The lowest BCUT2D eigenvalue weighted by Gasteiger charge is -2.36. The molecule has 158 valence electrons. The Balaban J connectivity index is 1.12. The smallest absolute Gasteiger partial charge is 0.250 e. The monoisotopic (exact) mass is 405 g/mol. The Labute approximate surface area is 179 Å². The van der Waals surface area contributed by atoms with E-state index in [1.165, 1.54) is 11.3 Å². The minimum Gasteiger partial charge on any atom is -0.464 e. The molecule has 1 saturated heterocycles. The van der Waals surface area contributed by atoms with Gasteiger partial charge < -0.3 is 15.0 Å². The number of aryl methyl sites for hydroxylation is 1. The average molecular weight is 406 g/mol. The number of anilines is 1. The molecule has 2 aromatic carbocycles. The van der Waals surface area contributed by atoms with Crippen molar-refractivity contribution in [2.75, 3.05) is 44.2 Å². The van der Waals surface area contributed by atoms with Gasteiger partial charge in [-0.25, -0.2) is 0 Å². The first-order valence-corrected chi connectivity index (χ1v) is 11.0. The molecule has 2 aliphatic rings. The van der Waals surface area contributed by atoms with Crippen LogP contribution in [0.25, 0.3) is 0 Å². The maximum absolute atomic E-state index is 12.4. The second kappa shape index (κ2) is 9.81. The van der Waals surface area contributed by atoms with E-state index in [1.807, 2.05) is 24.3 Å². The highest BCUT2D eigenvalue weighted by atomic mass is 16.5. The van der Waals surface area contributed by atoms with Gasteiger partial charge in [-0.2, -0.15) is 0 Å². The highest BCUT2D eigenvalue weighted by Crippen LogP contribution is 2.26. The van der Waals surface area contributed by atoms with Gasteiger partial charge >= 0.3 is 0 Å². The van der Waals surface area contributed by atoms with Crippen molar-refractivity contribution in [2.45, 2.75) is 26.2 Å². The molecular formula is C25H31N3O2. The van der Waals surface area contributed by atoms with Crippen LogP contribution in [-0.2, 0) is 11.2 Å². The number of amides is 1. The SMILES string of the molecule is Cc1ccccc1N1CCN(CCCCNC(=O)C2=COc3ccccc3C2)CC1. The molecule has 2 aliphatic heterocycles. The van der Waals surface area contributed by atoms with Gasteiger partial charge in [0.1, 0.15) is 12.0 Å². The van der Waals surface area contributed by atoms with Gasteiger partial charge in [-0.1, -0.05) is 36.4 Å². The summed E-state index contributed by atoms with van der Waals surface area (Å²) in [6.07, 6.45) is 4.32. The summed E-state index contributed by atoms with van der Waals surface area (Å²) in [6, 6.07) is 16.5. The van der Waals surface area contributed by atoms with Crippen LogP contribution in [0.2, 0.25) is 0 Å². The number of rotatable bonds is 7. The van der Waals surface area contributed by atoms with E-state index in [-0.39, 0.29) is 5.91 Å². The quantitative estimate of drug-likeness (QED) is 0.716. The molecule has 0 aromatic heterocycles. The van der Waals surface area contributed by atoms with Crippen molar-refractivity contribution in [3.63, 3.8) is 0 Å². The van der Waals surface area contributed by atoms with E-state index in [0.717, 1.165) is 56.9 Å². The lowest BCUT2D eigenvalue weighted by Crippen LogP contribution is -2.46. The summed E-state index contributed by atoms with van der Waals surface area (Å²) in [5.74, 6) is 0.827. The zero-order chi connectivity index (χ0) is 20.8. The molecule has 0 spiro atoms. The van der Waals surface area contributed by atoms with Crippen molar-refractivity contribution in [1.82, 2.24) is 10.2 Å². The van der Waals surface area contributed by atoms with E-state index in [2.05, 4.69) is 46.3 Å². The number of hydrogen-bond donors (Lipinski definition) is 1. The lowest BCUT2D eigenvalue weighted by atomic mass is 10.0. The van der Waals surface area contributed by atoms with E-state index in [4.69, 9.17) is 4.74 Å². The zero-order valence-corrected chi connectivity index (χ0v) is 17.8. The zero-order valence-electron chi connectivity index (χ0n) is 17.8. The number of hydrogen-bond acceptors (Lipinski definition) is 4. The Kier molecular flexibility index (Phi) is 6.70. The van der Waals surface area contributed by atoms with Gasteiger partial charge in [0.05, 0.1) is 5.57 Å². The third kappa shape index (κ3) is 5.03. The normalized spacial score (nSPS) is 16.4. The fraction of sp³-hybridized carbons (Fsp3) is 0.400. The van der Waals surface area contributed by atoms with Crippen molar-refractivity contribution in [3.05, 3.63) is 71.5 Å². The molecule has 1 amide bonds. The summed E-state index contributed by atoms with van der Waals surface area (Å²) in [4.78, 5) is 17.4. The van der Waals surface area contributed by atoms with Crippen LogP contribution in [0.1, 0.15) is 24.0 Å². The number of nitrogens with one attached hydrogen (secondary N) is 1. The van der Waals surface area contributed by atoms with Crippen LogP contribution in [0.5, 0.6) is 5.75 Å². The van der Waals surface area contributed by atoms with E-state index in [9.17, 15) is 4.79 Å². The Morgan fingerprint density at radius 1 is 1.00 bits per heavy atom. The molecule has 0 atom stereocenters. The number of nitrogens with zero attached hydrogens (tertiary/aromatic N) is 2. The molecule has 0 aliphatic carbocycles. The molecule has 1 fully saturated rings. The Morgan fingerprint density at radius 2 is 1.77 bits per heavy atom. The number of carbonyl (C=O) groups excluding carboxylic acids is 1. The third-order valence-corrected chi connectivity index (χ3v) is 5.99. The second-order valence-electron chi connectivity index (χ2n) is 8.12. The predicted octanol–water partition coefficient (Wildman–Crippen LogP) is 3.53. The van der Waals surface area contributed by atoms with Gasteiger partial charge in [-0.15, -0.1) is 0 Å². The number of benzene rings is 2. The predicted molar refractivity (Wildman–Crippen MR) is 121 cm³/mol. The van der Waals surface area contributed by atoms with Crippen LogP contribution >= 0.6 is 0 Å². The van der Waals surface area contributed by atoms with Gasteiger partial charge in [-0.3, -0.25) is 9.69 Å². The molecule has 4 rings (SSSR count). The fourth-order valence-corrected chi connectivity index (χ4v) is 4.19. The number of unbranched alkanes of at least 4 members (excludes halogenated alkanes) is 1. The van der Waals surface area contributed by atoms with Crippen LogP contribution in [0.4, 0.5) is 5.69 Å². The number of piperazine rings is 1. The standard InChI is InChI=1S/C25H31N3O2/c1-20-8-2-4-10-23(20)28-16-14-27(15-17-28)13-7-6-12-26-25(29)22-18-21-9-3-5-11-24(21)30-19-22/h2-5,8-11,19H,6-7,12-18H2,1H3,(H,26,29). The summed E-state index contributed by atoms with van der Waals surface area (Å²) < 4.78 is 5.58. The first-order valence-electron chi connectivity index (χ1n) is 11.0. The summed E-state index contributed by atoms with van der Waals surface area (Å²) in [5, 5.41) is 3.04. The number of para-hydroxylation sites is 2. The maximum Gasteiger partial charge on any atom is 0.250 e. The highest BCUT2D eigenvalue weighted by molar-refractivity contribution is 5.94. The van der Waals surface area contributed by atoms with E-state index < -0.39 is 0 Å². The molecule has 2 aromatic rings. The summed E-state index contributed by atoms with van der Waals surface area (Å²) in [5.41, 5.74) is 4.48. The molecule has 5 heteroatoms. The molecule has 0 bridgehead atoms. The van der Waals surface area contributed by atoms with E-state index in [0.29, 0.717) is 18.5 Å². The molecule has 5 nitrogen and oxygen atoms in total. The van der Waals surface area contributed by atoms with Crippen molar-refractivity contribution >= 4 is 11.6 Å². The number of fused-ring (bicyclic) bond motifs is 1. The Bertz CT molecular complexity index is 901. The van der Waals surface area contributed by atoms with Crippen molar-refractivity contribution < 1.29 is 9.53 Å². The van der Waals surface area contributed by atoms with Crippen LogP contribution in [0.15, 0.2) is 60.4 Å². The minimum atomic E-state index is -0.0173. The van der Waals surface area contributed by atoms with Gasteiger partial charge in [0.15, 0.2) is 0 Å². The van der Waals surface area contributed by atoms with Crippen LogP contribution in [0.3, 0.4) is 0 Å². The Morgan fingerprint density at radius 3 is 2.60 bits per heavy atom. The summed E-state index contributed by atoms with van der Waals surface area (Å²) in [6.45, 7) is 8.35. The maximum atomic E-state index is 12.4.